The SMILES string of the molecule is [2H]C([2H])(OS(C)(=O)=O)c1ccc(CO[Si](C)(C)C(C)(C)C)cc1. The van der Waals surface area contributed by atoms with Crippen molar-refractivity contribution in [2.24, 2.45) is 0 Å². The van der Waals surface area contributed by atoms with Crippen LogP contribution in [0.15, 0.2) is 24.3 Å². The highest BCUT2D eigenvalue weighted by Crippen LogP contribution is 2.37. The summed E-state index contributed by atoms with van der Waals surface area (Å²) >= 11 is 0. The van der Waals surface area contributed by atoms with E-state index in [-0.39, 0.29) is 10.6 Å². The molecule has 4 nitrogen and oxygen atoms in total. The highest BCUT2D eigenvalue weighted by atomic mass is 32.2. The largest absolute Gasteiger partial charge is 0.413 e. The molecule has 0 aromatic heterocycles. The first-order valence-corrected chi connectivity index (χ1v) is 11.5. The molecule has 0 radical (unpaired) electrons. The first-order chi connectivity index (χ1) is 10.1. The Morgan fingerprint density at radius 1 is 1.14 bits per heavy atom. The maximum Gasteiger partial charge on any atom is 0.264 e. The molecule has 0 unspecified atom stereocenters. The van der Waals surface area contributed by atoms with E-state index in [1.807, 2.05) is 0 Å². The van der Waals surface area contributed by atoms with E-state index in [1.165, 1.54) is 12.1 Å². The van der Waals surface area contributed by atoms with Crippen LogP contribution in [0.5, 0.6) is 0 Å². The van der Waals surface area contributed by atoms with Crippen molar-refractivity contribution < 1.29 is 19.8 Å². The van der Waals surface area contributed by atoms with Crippen LogP contribution in [0, 0.1) is 0 Å². The van der Waals surface area contributed by atoms with Gasteiger partial charge in [-0.1, -0.05) is 45.0 Å². The van der Waals surface area contributed by atoms with Gasteiger partial charge in [-0.2, -0.15) is 8.42 Å². The molecule has 0 amide bonds. The molecule has 0 aliphatic carbocycles. The zero-order valence-corrected chi connectivity index (χ0v) is 15.4. The van der Waals surface area contributed by atoms with Crippen molar-refractivity contribution in [2.45, 2.75) is 52.1 Å². The monoisotopic (exact) mass is 332 g/mol. The zero-order chi connectivity index (χ0) is 18.1. The Balaban J connectivity index is 2.82. The Bertz CT molecular complexity index is 634. The summed E-state index contributed by atoms with van der Waals surface area (Å²) in [6.07, 6.45) is 0.826. The van der Waals surface area contributed by atoms with Gasteiger partial charge in [-0.3, -0.25) is 4.18 Å². The molecule has 1 aromatic carbocycles. The molecule has 0 N–H and O–H groups in total. The predicted molar refractivity (Wildman–Crippen MR) is 88.1 cm³/mol. The summed E-state index contributed by atoms with van der Waals surface area (Å²) < 4.78 is 48.3. The summed E-state index contributed by atoms with van der Waals surface area (Å²) in [4.78, 5) is 0. The van der Waals surface area contributed by atoms with Crippen molar-refractivity contribution >= 4 is 18.4 Å². The van der Waals surface area contributed by atoms with E-state index in [9.17, 15) is 8.42 Å². The lowest BCUT2D eigenvalue weighted by Gasteiger charge is -2.36. The van der Waals surface area contributed by atoms with Gasteiger partial charge in [-0.05, 0) is 29.3 Å². The fourth-order valence-electron chi connectivity index (χ4n) is 1.27. The van der Waals surface area contributed by atoms with Crippen LogP contribution in [-0.2, 0) is 31.9 Å². The van der Waals surface area contributed by atoms with E-state index in [0.29, 0.717) is 6.61 Å². The lowest BCUT2D eigenvalue weighted by Crippen LogP contribution is -2.40. The van der Waals surface area contributed by atoms with Gasteiger partial charge in [-0.25, -0.2) is 0 Å². The van der Waals surface area contributed by atoms with Crippen LogP contribution in [0.4, 0.5) is 0 Å². The standard InChI is InChI=1S/C15H26O4SSi/c1-15(2,3)21(5,6)19-12-14-9-7-13(8-10-14)11-18-20(4,16)17/h7-10H,11-12H2,1-6H3/i11D2. The highest BCUT2D eigenvalue weighted by Gasteiger charge is 2.36. The Labute approximate surface area is 132 Å². The average Bonchev–Trinajstić information content (AvgIpc) is 2.32. The number of hydrogen-bond donors (Lipinski definition) is 0. The lowest BCUT2D eigenvalue weighted by molar-refractivity contribution is 0.276. The van der Waals surface area contributed by atoms with E-state index in [4.69, 9.17) is 7.17 Å². The van der Waals surface area contributed by atoms with Crippen molar-refractivity contribution in [2.75, 3.05) is 6.26 Å². The molecule has 6 heteroatoms. The van der Waals surface area contributed by atoms with Crippen LogP contribution in [0.3, 0.4) is 0 Å². The summed E-state index contributed by atoms with van der Waals surface area (Å²) in [5.41, 5.74) is 1.06. The predicted octanol–water partition coefficient (Wildman–Crippen LogP) is 3.68. The van der Waals surface area contributed by atoms with Gasteiger partial charge in [0.05, 0.1) is 22.2 Å². The van der Waals surface area contributed by atoms with Crippen molar-refractivity contribution in [1.29, 1.82) is 0 Å². The second-order valence-corrected chi connectivity index (χ2v) is 13.0. The highest BCUT2D eigenvalue weighted by molar-refractivity contribution is 7.85. The molecule has 0 bridgehead atoms. The smallest absolute Gasteiger partial charge is 0.264 e. The van der Waals surface area contributed by atoms with Crippen LogP contribution in [0.25, 0.3) is 0 Å². The quantitative estimate of drug-likeness (QED) is 0.589. The summed E-state index contributed by atoms with van der Waals surface area (Å²) in [6.45, 7) is 8.90. The fourth-order valence-corrected chi connectivity index (χ4v) is 2.48. The molecule has 0 heterocycles. The van der Waals surface area contributed by atoms with Gasteiger partial charge in [0.15, 0.2) is 8.32 Å². The number of benzene rings is 1. The van der Waals surface area contributed by atoms with Crippen LogP contribution < -0.4 is 0 Å². The third-order valence-electron chi connectivity index (χ3n) is 3.67. The average molecular weight is 333 g/mol. The number of rotatable bonds is 6. The Kier molecular flexibility index (Phi) is 4.78. The van der Waals surface area contributed by atoms with E-state index in [1.54, 1.807) is 12.1 Å². The summed E-state index contributed by atoms with van der Waals surface area (Å²) in [5.74, 6) is 0. The first kappa shape index (κ1) is 15.2. The Hall–Kier alpha value is -0.693. The van der Waals surface area contributed by atoms with Crippen LogP contribution >= 0.6 is 0 Å². The molecular formula is C15H26O4SSi. The molecule has 120 valence electrons. The minimum absolute atomic E-state index is 0.119. The molecule has 0 saturated heterocycles. The van der Waals surface area contributed by atoms with Gasteiger partial charge in [0.2, 0.25) is 0 Å². The minimum Gasteiger partial charge on any atom is -0.413 e. The molecule has 1 aromatic rings. The maximum atomic E-state index is 11.1. The van der Waals surface area contributed by atoms with Crippen LogP contribution in [0.1, 0.15) is 34.6 Å². The Morgan fingerprint density at radius 2 is 1.62 bits per heavy atom. The molecule has 0 aliphatic rings. The Morgan fingerprint density at radius 3 is 2.05 bits per heavy atom. The van der Waals surface area contributed by atoms with Crippen LogP contribution in [0.2, 0.25) is 18.1 Å². The normalized spacial score (nSPS) is 15.5. The van der Waals surface area contributed by atoms with Gasteiger partial charge in [-0.15, -0.1) is 0 Å². The number of hydrogen-bond acceptors (Lipinski definition) is 4. The third-order valence-corrected chi connectivity index (χ3v) is 8.54. The molecule has 0 atom stereocenters. The van der Waals surface area contributed by atoms with E-state index < -0.39 is 25.0 Å². The van der Waals surface area contributed by atoms with E-state index >= 15 is 0 Å². The molecule has 0 fully saturated rings. The van der Waals surface area contributed by atoms with Crippen molar-refractivity contribution in [3.63, 3.8) is 0 Å². The first-order valence-electron chi connectivity index (χ1n) is 7.78. The molecule has 21 heavy (non-hydrogen) atoms. The maximum absolute atomic E-state index is 11.1. The second kappa shape index (κ2) is 6.60. The second-order valence-electron chi connectivity index (χ2n) is 6.64. The van der Waals surface area contributed by atoms with Gasteiger partial charge < -0.3 is 4.43 Å². The lowest BCUT2D eigenvalue weighted by atomic mass is 10.1. The summed E-state index contributed by atoms with van der Waals surface area (Å²) in [7, 11) is -5.73. The van der Waals surface area contributed by atoms with Crippen LogP contribution in [-0.4, -0.2) is 23.0 Å². The zero-order valence-electron chi connectivity index (χ0n) is 15.6. The van der Waals surface area contributed by atoms with Gasteiger partial charge in [0.1, 0.15) is 0 Å². The van der Waals surface area contributed by atoms with E-state index in [2.05, 4.69) is 38.0 Å². The van der Waals surface area contributed by atoms with Gasteiger partial charge in [0, 0.05) is 0 Å². The molecule has 0 saturated carbocycles. The van der Waals surface area contributed by atoms with Crippen molar-refractivity contribution in [3.8, 4) is 0 Å². The molecule has 0 spiro atoms. The van der Waals surface area contributed by atoms with Gasteiger partial charge in [0.25, 0.3) is 10.1 Å². The van der Waals surface area contributed by atoms with Gasteiger partial charge >= 0.3 is 0 Å². The van der Waals surface area contributed by atoms with Crippen molar-refractivity contribution in [1.82, 2.24) is 0 Å². The third kappa shape index (κ3) is 6.30. The topological polar surface area (TPSA) is 52.6 Å². The molecular weight excluding hydrogens is 304 g/mol. The fraction of sp³-hybridized carbons (Fsp3) is 0.600. The molecule has 1 rings (SSSR count). The summed E-state index contributed by atoms with van der Waals surface area (Å²) in [5, 5.41) is 0.119. The summed E-state index contributed by atoms with van der Waals surface area (Å²) in [6, 6.07) is 6.50. The minimum atomic E-state index is -3.88. The van der Waals surface area contributed by atoms with E-state index in [0.717, 1.165) is 11.8 Å². The van der Waals surface area contributed by atoms with Crippen molar-refractivity contribution in [3.05, 3.63) is 35.4 Å². The molecule has 0 aliphatic heterocycles.